The van der Waals surface area contributed by atoms with Crippen molar-refractivity contribution in [2.75, 3.05) is 5.43 Å². The van der Waals surface area contributed by atoms with E-state index < -0.39 is 5.91 Å². The summed E-state index contributed by atoms with van der Waals surface area (Å²) in [6.07, 6.45) is 0. The summed E-state index contributed by atoms with van der Waals surface area (Å²) in [5, 5.41) is 13.5. The molecule has 0 aliphatic carbocycles. The Morgan fingerprint density at radius 2 is 1.71 bits per heavy atom. The number of fused-ring (bicyclic) bond motifs is 1. The fourth-order valence-electron chi connectivity index (χ4n) is 3.50. The number of ketones is 1. The van der Waals surface area contributed by atoms with Crippen LogP contribution >= 0.6 is 12.2 Å². The number of amides is 1. The van der Waals surface area contributed by atoms with Gasteiger partial charge in [0.1, 0.15) is 5.75 Å². The van der Waals surface area contributed by atoms with Gasteiger partial charge in [-0.2, -0.15) is 0 Å². The molecule has 0 bridgehead atoms. The molecule has 3 aromatic carbocycles. The van der Waals surface area contributed by atoms with Crippen LogP contribution in [-0.4, -0.2) is 26.9 Å². The molecule has 1 amide bonds. The van der Waals surface area contributed by atoms with E-state index in [0.717, 1.165) is 11.3 Å². The molecule has 0 radical (unpaired) electrons. The number of carbonyl (C=O) groups is 2. The maximum absolute atomic E-state index is 13.3. The first-order chi connectivity index (χ1) is 16.3. The van der Waals surface area contributed by atoms with Crippen molar-refractivity contribution in [3.63, 3.8) is 0 Å². The van der Waals surface area contributed by atoms with Crippen LogP contribution in [0.5, 0.6) is 5.75 Å². The molecule has 4 aromatic rings. The van der Waals surface area contributed by atoms with Gasteiger partial charge in [-0.15, -0.1) is 0 Å². The molecule has 0 aliphatic rings. The van der Waals surface area contributed by atoms with Crippen LogP contribution in [0.25, 0.3) is 22.2 Å². The van der Waals surface area contributed by atoms with E-state index in [4.69, 9.17) is 12.2 Å². The lowest BCUT2D eigenvalue weighted by molar-refractivity contribution is 0.0976. The predicted molar refractivity (Wildman–Crippen MR) is 137 cm³/mol. The van der Waals surface area contributed by atoms with Crippen LogP contribution in [0.4, 0.5) is 5.69 Å². The van der Waals surface area contributed by atoms with Gasteiger partial charge in [0.2, 0.25) is 0 Å². The van der Waals surface area contributed by atoms with E-state index in [2.05, 4.69) is 21.2 Å². The third kappa shape index (κ3) is 4.87. The van der Waals surface area contributed by atoms with Crippen molar-refractivity contribution < 1.29 is 14.7 Å². The number of nitrogens with zero attached hydrogens (tertiary/aromatic N) is 1. The molecule has 170 valence electrons. The van der Waals surface area contributed by atoms with E-state index in [9.17, 15) is 14.7 Å². The number of thiocarbonyl (C=S) groups is 1. The lowest BCUT2D eigenvalue weighted by Gasteiger charge is -2.15. The summed E-state index contributed by atoms with van der Waals surface area (Å²) in [5.41, 5.74) is 9.76. The van der Waals surface area contributed by atoms with E-state index in [-0.39, 0.29) is 22.2 Å². The predicted octanol–water partition coefficient (Wildman–Crippen LogP) is 4.75. The average molecular weight is 471 g/mol. The highest BCUT2D eigenvalue weighted by atomic mass is 32.1. The molecule has 4 N–H and O–H groups in total. The van der Waals surface area contributed by atoms with E-state index in [1.165, 1.54) is 6.92 Å². The number of nitrogens with one attached hydrogen (secondary N) is 3. The van der Waals surface area contributed by atoms with Gasteiger partial charge in [-0.3, -0.25) is 25.8 Å². The smallest absolute Gasteiger partial charge is 0.258 e. The van der Waals surface area contributed by atoms with Crippen LogP contribution in [0, 0.1) is 6.92 Å². The van der Waals surface area contributed by atoms with Crippen LogP contribution in [0.3, 0.4) is 0 Å². The molecule has 7 nitrogen and oxygen atoms in total. The van der Waals surface area contributed by atoms with Crippen LogP contribution in [0.15, 0.2) is 72.8 Å². The Morgan fingerprint density at radius 1 is 0.971 bits per heavy atom. The monoisotopic (exact) mass is 470 g/mol. The lowest BCUT2D eigenvalue weighted by atomic mass is 10.0. The summed E-state index contributed by atoms with van der Waals surface area (Å²) >= 11 is 5.29. The number of phenols is 1. The summed E-state index contributed by atoms with van der Waals surface area (Å²) in [7, 11) is 0. The van der Waals surface area contributed by atoms with Crippen molar-refractivity contribution in [2.24, 2.45) is 0 Å². The molecule has 8 heteroatoms. The molecule has 0 unspecified atom stereocenters. The van der Waals surface area contributed by atoms with Crippen LogP contribution < -0.4 is 16.2 Å². The summed E-state index contributed by atoms with van der Waals surface area (Å²) in [6.45, 7) is 3.41. The highest BCUT2D eigenvalue weighted by molar-refractivity contribution is 7.80. The number of aryl methyl sites for hydroxylation is 1. The second-order valence-electron chi connectivity index (χ2n) is 7.71. The summed E-state index contributed by atoms with van der Waals surface area (Å²) in [5.74, 6) is -0.563. The Morgan fingerprint density at radius 3 is 2.44 bits per heavy atom. The van der Waals surface area contributed by atoms with Crippen LogP contribution in [-0.2, 0) is 0 Å². The minimum absolute atomic E-state index is 0.0423. The number of hydrogen-bond acceptors (Lipinski definition) is 6. The van der Waals surface area contributed by atoms with Crippen molar-refractivity contribution >= 4 is 45.6 Å². The van der Waals surface area contributed by atoms with E-state index in [1.807, 2.05) is 31.2 Å². The maximum Gasteiger partial charge on any atom is 0.258 e. The standard InChI is InChI=1S/C26H22N4O3S/c1-15-7-3-5-9-21(15)29-30-26(34)28-25(33)20-14-23(18-8-4-6-10-24(18)32)27-22-12-11-17(16(2)31)13-19(20)22/h3-14,29,32H,1-2H3,(H2,28,30,33,34). The van der Waals surface area contributed by atoms with Gasteiger partial charge in [-0.25, -0.2) is 4.98 Å². The van der Waals surface area contributed by atoms with Crippen molar-refractivity contribution in [1.82, 2.24) is 15.7 Å². The van der Waals surface area contributed by atoms with Crippen molar-refractivity contribution in [1.29, 1.82) is 0 Å². The zero-order chi connectivity index (χ0) is 24.2. The van der Waals surface area contributed by atoms with Crippen LogP contribution in [0.1, 0.15) is 33.2 Å². The molecule has 34 heavy (non-hydrogen) atoms. The number of pyridine rings is 1. The van der Waals surface area contributed by atoms with Crippen molar-refractivity contribution in [3.05, 3.63) is 89.5 Å². The zero-order valence-electron chi connectivity index (χ0n) is 18.5. The molecule has 0 saturated carbocycles. The summed E-state index contributed by atoms with van der Waals surface area (Å²) < 4.78 is 0. The molecular formula is C26H22N4O3S. The van der Waals surface area contributed by atoms with Gasteiger partial charge in [0.15, 0.2) is 10.9 Å². The average Bonchev–Trinajstić information content (AvgIpc) is 2.82. The Kier molecular flexibility index (Phi) is 6.51. The number of hydrazine groups is 1. The highest BCUT2D eigenvalue weighted by Gasteiger charge is 2.17. The number of Topliss-reactive ketones (excluding diaryl/α,β-unsaturated/α-hetero) is 1. The van der Waals surface area contributed by atoms with Crippen LogP contribution in [0.2, 0.25) is 0 Å². The number of aromatic nitrogens is 1. The molecule has 0 saturated heterocycles. The number of para-hydroxylation sites is 2. The Balaban J connectivity index is 1.68. The Bertz CT molecular complexity index is 1440. The molecule has 0 atom stereocenters. The van der Waals surface area contributed by atoms with E-state index >= 15 is 0 Å². The highest BCUT2D eigenvalue weighted by Crippen LogP contribution is 2.31. The topological polar surface area (TPSA) is 103 Å². The summed E-state index contributed by atoms with van der Waals surface area (Å²) in [6, 6.07) is 20.9. The molecule has 1 heterocycles. The van der Waals surface area contributed by atoms with Gasteiger partial charge in [0.05, 0.1) is 22.5 Å². The van der Waals surface area contributed by atoms with Gasteiger partial charge in [0, 0.05) is 16.5 Å². The maximum atomic E-state index is 13.3. The molecule has 0 spiro atoms. The third-order valence-corrected chi connectivity index (χ3v) is 5.53. The van der Waals surface area contributed by atoms with Crippen molar-refractivity contribution in [3.8, 4) is 17.0 Å². The quantitative estimate of drug-likeness (QED) is 0.190. The molecule has 1 aromatic heterocycles. The first-order valence-corrected chi connectivity index (χ1v) is 10.9. The van der Waals surface area contributed by atoms with Gasteiger partial charge in [-0.1, -0.05) is 30.3 Å². The molecule has 0 aliphatic heterocycles. The van der Waals surface area contributed by atoms with Gasteiger partial charge >= 0.3 is 0 Å². The second kappa shape index (κ2) is 9.68. The second-order valence-corrected chi connectivity index (χ2v) is 8.12. The fraction of sp³-hybridized carbons (Fsp3) is 0.0769. The number of anilines is 1. The molecular weight excluding hydrogens is 448 g/mol. The molecule has 0 fully saturated rings. The number of hydrogen-bond donors (Lipinski definition) is 4. The minimum atomic E-state index is -0.478. The number of aromatic hydroxyl groups is 1. The SMILES string of the molecule is CC(=O)c1ccc2nc(-c3ccccc3O)cc(C(=O)NC(=S)NNc3ccccc3C)c2c1. The largest absolute Gasteiger partial charge is 0.507 e. The first-order valence-electron chi connectivity index (χ1n) is 10.5. The van der Waals surface area contributed by atoms with E-state index in [1.54, 1.807) is 48.5 Å². The van der Waals surface area contributed by atoms with Gasteiger partial charge < -0.3 is 5.11 Å². The summed E-state index contributed by atoms with van der Waals surface area (Å²) in [4.78, 5) is 29.8. The Hall–Kier alpha value is -4.30. The fourth-order valence-corrected chi connectivity index (χ4v) is 3.64. The number of benzene rings is 3. The number of carbonyl (C=O) groups excluding carboxylic acids is 2. The molecule has 4 rings (SSSR count). The first kappa shape index (κ1) is 22.9. The van der Waals surface area contributed by atoms with E-state index in [0.29, 0.717) is 27.7 Å². The Labute approximate surface area is 201 Å². The number of phenolic OH excluding ortho intramolecular Hbond substituents is 1. The van der Waals surface area contributed by atoms with Crippen molar-refractivity contribution in [2.45, 2.75) is 13.8 Å². The van der Waals surface area contributed by atoms with Gasteiger partial charge in [0.25, 0.3) is 5.91 Å². The normalized spacial score (nSPS) is 10.5. The minimum Gasteiger partial charge on any atom is -0.507 e. The van der Waals surface area contributed by atoms with Gasteiger partial charge in [-0.05, 0) is 74.1 Å². The third-order valence-electron chi connectivity index (χ3n) is 5.32. The zero-order valence-corrected chi connectivity index (χ0v) is 19.4. The lowest BCUT2D eigenvalue weighted by Crippen LogP contribution is -2.42. The number of rotatable bonds is 5.